The first kappa shape index (κ1) is 15.1. The molecule has 0 amide bonds. The Morgan fingerprint density at radius 3 is 2.20 bits per heavy atom. The molecule has 0 aliphatic carbocycles. The summed E-state index contributed by atoms with van der Waals surface area (Å²) in [7, 11) is 3.37. The lowest BCUT2D eigenvalue weighted by atomic mass is 10.0. The van der Waals surface area contributed by atoms with Crippen LogP contribution in [0.15, 0.2) is 18.2 Å². The monoisotopic (exact) mass is 278 g/mol. The number of methoxy groups -OCH3 is 2. The maximum absolute atomic E-state index is 5.30. The van der Waals surface area contributed by atoms with Crippen molar-refractivity contribution in [3.63, 3.8) is 0 Å². The second kappa shape index (κ2) is 7.50. The number of rotatable bonds is 6. The van der Waals surface area contributed by atoms with Crippen LogP contribution in [0.4, 0.5) is 0 Å². The fourth-order valence-corrected chi connectivity index (χ4v) is 2.68. The van der Waals surface area contributed by atoms with Crippen molar-refractivity contribution >= 4 is 0 Å². The standard InChI is InChI=1S/C16H26N2O2/c1-4-18-7-5-14(6-8-18)17-12-13-9-15(19-2)11-16(10-13)20-3/h9-11,14,17H,4-8,12H2,1-3H3. The lowest BCUT2D eigenvalue weighted by Crippen LogP contribution is -2.42. The summed E-state index contributed by atoms with van der Waals surface area (Å²) in [5.74, 6) is 1.70. The molecule has 0 unspecified atom stereocenters. The molecule has 1 aromatic carbocycles. The Hall–Kier alpha value is -1.26. The van der Waals surface area contributed by atoms with Gasteiger partial charge < -0.3 is 19.7 Å². The summed E-state index contributed by atoms with van der Waals surface area (Å²) in [6, 6.07) is 6.66. The van der Waals surface area contributed by atoms with Crippen molar-refractivity contribution in [3.8, 4) is 11.5 Å². The fraction of sp³-hybridized carbons (Fsp3) is 0.625. The Labute approximate surface area is 122 Å². The zero-order chi connectivity index (χ0) is 14.4. The first-order valence-electron chi connectivity index (χ1n) is 7.42. The van der Waals surface area contributed by atoms with Crippen LogP contribution < -0.4 is 14.8 Å². The zero-order valence-electron chi connectivity index (χ0n) is 12.8. The molecule has 0 spiro atoms. The number of piperidine rings is 1. The average Bonchev–Trinajstić information content (AvgIpc) is 2.53. The Morgan fingerprint density at radius 2 is 1.70 bits per heavy atom. The second-order valence-corrected chi connectivity index (χ2v) is 5.31. The van der Waals surface area contributed by atoms with Gasteiger partial charge in [-0.25, -0.2) is 0 Å². The number of benzene rings is 1. The summed E-state index contributed by atoms with van der Waals surface area (Å²) in [6.45, 7) is 6.67. The highest BCUT2D eigenvalue weighted by Gasteiger charge is 2.17. The Bertz CT molecular complexity index is 393. The molecule has 1 N–H and O–H groups in total. The van der Waals surface area contributed by atoms with E-state index in [9.17, 15) is 0 Å². The molecule has 112 valence electrons. The molecule has 1 aliphatic rings. The van der Waals surface area contributed by atoms with Crippen LogP contribution >= 0.6 is 0 Å². The largest absolute Gasteiger partial charge is 0.497 e. The fourth-order valence-electron chi connectivity index (χ4n) is 2.68. The van der Waals surface area contributed by atoms with E-state index >= 15 is 0 Å². The van der Waals surface area contributed by atoms with Crippen molar-refractivity contribution in [2.24, 2.45) is 0 Å². The van der Waals surface area contributed by atoms with E-state index in [0.717, 1.165) is 18.0 Å². The molecule has 1 aromatic rings. The maximum atomic E-state index is 5.30. The van der Waals surface area contributed by atoms with Gasteiger partial charge in [-0.05, 0) is 50.2 Å². The van der Waals surface area contributed by atoms with Crippen LogP contribution in [0.25, 0.3) is 0 Å². The third kappa shape index (κ3) is 4.12. The van der Waals surface area contributed by atoms with Crippen molar-refractivity contribution in [2.45, 2.75) is 32.4 Å². The maximum Gasteiger partial charge on any atom is 0.122 e. The lowest BCUT2D eigenvalue weighted by Gasteiger charge is -2.31. The van der Waals surface area contributed by atoms with Gasteiger partial charge in [-0.1, -0.05) is 6.92 Å². The molecule has 0 bridgehead atoms. The summed E-state index contributed by atoms with van der Waals surface area (Å²) in [5.41, 5.74) is 1.21. The molecule has 2 rings (SSSR count). The number of likely N-dealkylation sites (tertiary alicyclic amines) is 1. The van der Waals surface area contributed by atoms with Gasteiger partial charge in [-0.15, -0.1) is 0 Å². The van der Waals surface area contributed by atoms with Crippen molar-refractivity contribution in [1.82, 2.24) is 10.2 Å². The lowest BCUT2D eigenvalue weighted by molar-refractivity contribution is 0.206. The van der Waals surface area contributed by atoms with Gasteiger partial charge in [0.2, 0.25) is 0 Å². The molecule has 1 heterocycles. The summed E-state index contributed by atoms with van der Waals surface area (Å²) < 4.78 is 10.6. The number of hydrogen-bond acceptors (Lipinski definition) is 4. The average molecular weight is 278 g/mol. The van der Waals surface area contributed by atoms with Crippen LogP contribution in [0.3, 0.4) is 0 Å². The molecule has 0 saturated carbocycles. The van der Waals surface area contributed by atoms with Gasteiger partial charge in [0.25, 0.3) is 0 Å². The van der Waals surface area contributed by atoms with Gasteiger partial charge in [0.05, 0.1) is 14.2 Å². The predicted octanol–water partition coefficient (Wildman–Crippen LogP) is 2.28. The van der Waals surface area contributed by atoms with E-state index in [4.69, 9.17) is 9.47 Å². The minimum Gasteiger partial charge on any atom is -0.497 e. The smallest absolute Gasteiger partial charge is 0.122 e. The van der Waals surface area contributed by atoms with Crippen LogP contribution in [0.2, 0.25) is 0 Å². The normalized spacial score (nSPS) is 17.1. The van der Waals surface area contributed by atoms with Gasteiger partial charge >= 0.3 is 0 Å². The Morgan fingerprint density at radius 1 is 1.10 bits per heavy atom. The Kier molecular flexibility index (Phi) is 5.68. The van der Waals surface area contributed by atoms with Crippen LogP contribution in [-0.4, -0.2) is 44.8 Å². The van der Waals surface area contributed by atoms with E-state index in [-0.39, 0.29) is 0 Å². The molecule has 0 aromatic heterocycles. The predicted molar refractivity (Wildman–Crippen MR) is 81.5 cm³/mol. The molecular weight excluding hydrogens is 252 g/mol. The molecule has 20 heavy (non-hydrogen) atoms. The summed E-state index contributed by atoms with van der Waals surface area (Å²) in [4.78, 5) is 2.51. The second-order valence-electron chi connectivity index (χ2n) is 5.31. The highest BCUT2D eigenvalue weighted by Crippen LogP contribution is 2.22. The molecule has 0 atom stereocenters. The van der Waals surface area contributed by atoms with Crippen molar-refractivity contribution in [2.75, 3.05) is 33.9 Å². The quantitative estimate of drug-likeness (QED) is 0.865. The van der Waals surface area contributed by atoms with E-state index in [2.05, 4.69) is 29.3 Å². The number of nitrogens with one attached hydrogen (secondary N) is 1. The third-order valence-corrected chi connectivity index (χ3v) is 4.04. The van der Waals surface area contributed by atoms with Gasteiger partial charge in [0.1, 0.15) is 11.5 Å². The zero-order valence-corrected chi connectivity index (χ0v) is 12.8. The van der Waals surface area contributed by atoms with Crippen LogP contribution in [-0.2, 0) is 6.54 Å². The number of hydrogen-bond donors (Lipinski definition) is 1. The molecule has 4 heteroatoms. The topological polar surface area (TPSA) is 33.7 Å². The van der Waals surface area contributed by atoms with Crippen LogP contribution in [0.5, 0.6) is 11.5 Å². The van der Waals surface area contributed by atoms with Crippen molar-refractivity contribution in [1.29, 1.82) is 0 Å². The summed E-state index contributed by atoms with van der Waals surface area (Å²) >= 11 is 0. The number of nitrogens with zero attached hydrogens (tertiary/aromatic N) is 1. The molecule has 1 aliphatic heterocycles. The van der Waals surface area contributed by atoms with Gasteiger partial charge in [0.15, 0.2) is 0 Å². The third-order valence-electron chi connectivity index (χ3n) is 4.04. The first-order valence-corrected chi connectivity index (χ1v) is 7.42. The minimum atomic E-state index is 0.620. The van der Waals surface area contributed by atoms with E-state index in [1.165, 1.54) is 38.0 Å². The van der Waals surface area contributed by atoms with E-state index in [0.29, 0.717) is 6.04 Å². The molecule has 4 nitrogen and oxygen atoms in total. The minimum absolute atomic E-state index is 0.620. The highest BCUT2D eigenvalue weighted by molar-refractivity contribution is 5.38. The molecule has 1 saturated heterocycles. The molecule has 1 fully saturated rings. The van der Waals surface area contributed by atoms with Crippen molar-refractivity contribution in [3.05, 3.63) is 23.8 Å². The highest BCUT2D eigenvalue weighted by atomic mass is 16.5. The molecular formula is C16H26N2O2. The van der Waals surface area contributed by atoms with Crippen molar-refractivity contribution < 1.29 is 9.47 Å². The molecule has 0 radical (unpaired) electrons. The summed E-state index contributed by atoms with van der Waals surface area (Å²) in [5, 5.41) is 3.65. The SMILES string of the molecule is CCN1CCC(NCc2cc(OC)cc(OC)c2)CC1. The number of ether oxygens (including phenoxy) is 2. The summed E-state index contributed by atoms with van der Waals surface area (Å²) in [6.07, 6.45) is 2.46. The van der Waals surface area contributed by atoms with Crippen LogP contribution in [0, 0.1) is 0 Å². The van der Waals surface area contributed by atoms with E-state index in [1.54, 1.807) is 14.2 Å². The van der Waals surface area contributed by atoms with Gasteiger partial charge in [-0.2, -0.15) is 0 Å². The van der Waals surface area contributed by atoms with Gasteiger partial charge in [-0.3, -0.25) is 0 Å². The van der Waals surface area contributed by atoms with E-state index in [1.807, 2.05) is 6.07 Å². The van der Waals surface area contributed by atoms with Gasteiger partial charge in [0, 0.05) is 18.7 Å². The van der Waals surface area contributed by atoms with Crippen LogP contribution in [0.1, 0.15) is 25.3 Å². The van der Waals surface area contributed by atoms with E-state index < -0.39 is 0 Å². The Balaban J connectivity index is 1.87. The first-order chi connectivity index (χ1) is 9.75.